The zero-order valence-corrected chi connectivity index (χ0v) is 15.3. The monoisotopic (exact) mass is 351 g/mol. The fourth-order valence-electron chi connectivity index (χ4n) is 2.52. The van der Waals surface area contributed by atoms with E-state index in [1.165, 1.54) is 0 Å². The topological polar surface area (TPSA) is 61.5 Å². The number of ether oxygens (including phenoxy) is 2. The molecule has 0 heterocycles. The predicted molar refractivity (Wildman–Crippen MR) is 106 cm³/mol. The van der Waals surface area contributed by atoms with E-state index >= 15 is 0 Å². The van der Waals surface area contributed by atoms with E-state index in [2.05, 4.69) is 6.58 Å². The molecule has 0 aliphatic heterocycles. The molecule has 0 saturated heterocycles. The second-order valence-corrected chi connectivity index (χ2v) is 6.08. The van der Waals surface area contributed by atoms with Gasteiger partial charge in [-0.25, -0.2) is 0 Å². The molecule has 0 spiro atoms. The van der Waals surface area contributed by atoms with Gasteiger partial charge in [0.2, 0.25) is 0 Å². The average molecular weight is 351 g/mol. The van der Waals surface area contributed by atoms with Crippen LogP contribution in [0.2, 0.25) is 0 Å². The number of allylic oxidation sites excluding steroid dienone is 1. The first-order valence-electron chi connectivity index (χ1n) is 8.52. The van der Waals surface area contributed by atoms with Gasteiger partial charge in [-0.3, -0.25) is 4.79 Å². The van der Waals surface area contributed by atoms with Crippen LogP contribution in [-0.4, -0.2) is 19.6 Å². The SMILES string of the molecule is C=C(C)CCc1c(OC)cc(C=Cc2ccccc2)cc1OC(=O)CN. The Bertz CT molecular complexity index is 795. The Kier molecular flexibility index (Phi) is 7.18. The van der Waals surface area contributed by atoms with Crippen LogP contribution in [0, 0.1) is 0 Å². The maximum absolute atomic E-state index is 11.7. The molecule has 2 rings (SSSR count). The summed E-state index contributed by atoms with van der Waals surface area (Å²) in [6.45, 7) is 5.73. The molecular weight excluding hydrogens is 326 g/mol. The zero-order valence-electron chi connectivity index (χ0n) is 15.3. The van der Waals surface area contributed by atoms with Crippen LogP contribution < -0.4 is 15.2 Å². The van der Waals surface area contributed by atoms with Crippen LogP contribution in [-0.2, 0) is 11.2 Å². The summed E-state index contributed by atoms with van der Waals surface area (Å²) in [6.07, 6.45) is 5.41. The van der Waals surface area contributed by atoms with E-state index in [1.54, 1.807) is 7.11 Å². The largest absolute Gasteiger partial charge is 0.496 e. The predicted octanol–water partition coefficient (Wildman–Crippen LogP) is 4.24. The lowest BCUT2D eigenvalue weighted by Gasteiger charge is -2.15. The number of esters is 1. The maximum atomic E-state index is 11.7. The number of carbonyl (C=O) groups excluding carboxylic acids is 1. The van der Waals surface area contributed by atoms with Gasteiger partial charge in [-0.1, -0.05) is 48.1 Å². The van der Waals surface area contributed by atoms with Gasteiger partial charge in [-0.15, -0.1) is 6.58 Å². The number of nitrogens with two attached hydrogens (primary N) is 1. The number of hydrogen-bond donors (Lipinski definition) is 1. The summed E-state index contributed by atoms with van der Waals surface area (Å²) in [5, 5.41) is 0. The lowest BCUT2D eigenvalue weighted by molar-refractivity contribution is -0.132. The smallest absolute Gasteiger partial charge is 0.325 e. The third-order valence-corrected chi connectivity index (χ3v) is 3.87. The van der Waals surface area contributed by atoms with Gasteiger partial charge >= 0.3 is 5.97 Å². The standard InChI is InChI=1S/C22H25NO3/c1-16(2)9-12-19-20(25-3)13-18(14-21(19)26-22(24)15-23)11-10-17-7-5-4-6-8-17/h4-8,10-11,13-14H,1,9,12,15,23H2,2-3H3. The second kappa shape index (κ2) is 9.59. The van der Waals surface area contributed by atoms with Crippen molar-refractivity contribution >= 4 is 18.1 Å². The van der Waals surface area contributed by atoms with E-state index in [-0.39, 0.29) is 6.54 Å². The lowest BCUT2D eigenvalue weighted by atomic mass is 10.0. The summed E-state index contributed by atoms with van der Waals surface area (Å²) >= 11 is 0. The van der Waals surface area contributed by atoms with E-state index in [4.69, 9.17) is 15.2 Å². The Morgan fingerprint density at radius 3 is 2.38 bits per heavy atom. The summed E-state index contributed by atoms with van der Waals surface area (Å²) in [4.78, 5) is 11.7. The lowest BCUT2D eigenvalue weighted by Crippen LogP contribution is -2.20. The van der Waals surface area contributed by atoms with E-state index in [0.29, 0.717) is 17.9 Å². The summed E-state index contributed by atoms with van der Waals surface area (Å²) in [6, 6.07) is 13.7. The fraction of sp³-hybridized carbons (Fsp3) is 0.227. The van der Waals surface area contributed by atoms with Crippen molar-refractivity contribution in [2.24, 2.45) is 5.73 Å². The highest BCUT2D eigenvalue weighted by atomic mass is 16.5. The molecule has 136 valence electrons. The maximum Gasteiger partial charge on any atom is 0.325 e. The third kappa shape index (κ3) is 5.60. The van der Waals surface area contributed by atoms with Crippen LogP contribution in [0.1, 0.15) is 30.0 Å². The molecule has 0 saturated carbocycles. The Labute approximate surface area is 154 Å². The molecule has 2 N–H and O–H groups in total. The van der Waals surface area contributed by atoms with Gasteiger partial charge in [-0.2, -0.15) is 0 Å². The molecule has 0 bridgehead atoms. The molecule has 0 amide bonds. The van der Waals surface area contributed by atoms with Gasteiger partial charge in [0.05, 0.1) is 13.7 Å². The van der Waals surface area contributed by atoms with Crippen molar-refractivity contribution in [1.82, 2.24) is 0 Å². The molecule has 0 atom stereocenters. The van der Waals surface area contributed by atoms with Crippen molar-refractivity contribution in [2.75, 3.05) is 13.7 Å². The molecule has 2 aromatic rings. The second-order valence-electron chi connectivity index (χ2n) is 6.08. The van der Waals surface area contributed by atoms with Crippen LogP contribution in [0.4, 0.5) is 0 Å². The number of methoxy groups -OCH3 is 1. The minimum absolute atomic E-state index is 0.174. The summed E-state index contributed by atoms with van der Waals surface area (Å²) in [7, 11) is 1.61. The first kappa shape index (κ1) is 19.5. The molecule has 0 aliphatic carbocycles. The van der Waals surface area contributed by atoms with Crippen molar-refractivity contribution in [3.8, 4) is 11.5 Å². The van der Waals surface area contributed by atoms with Gasteiger partial charge in [0.1, 0.15) is 11.5 Å². The van der Waals surface area contributed by atoms with Gasteiger partial charge in [0.15, 0.2) is 0 Å². The van der Waals surface area contributed by atoms with Crippen molar-refractivity contribution in [3.63, 3.8) is 0 Å². The molecule has 0 unspecified atom stereocenters. The van der Waals surface area contributed by atoms with E-state index < -0.39 is 5.97 Å². The van der Waals surface area contributed by atoms with Crippen molar-refractivity contribution < 1.29 is 14.3 Å². The van der Waals surface area contributed by atoms with Crippen LogP contribution >= 0.6 is 0 Å². The molecule has 0 aromatic heterocycles. The van der Waals surface area contributed by atoms with Crippen LogP contribution in [0.25, 0.3) is 12.2 Å². The van der Waals surface area contributed by atoms with Gasteiger partial charge in [-0.05, 0) is 43.0 Å². The Morgan fingerprint density at radius 1 is 1.12 bits per heavy atom. The summed E-state index contributed by atoms with van der Waals surface area (Å²) in [5.41, 5.74) is 9.26. The number of benzene rings is 2. The van der Waals surface area contributed by atoms with Gasteiger partial charge in [0.25, 0.3) is 0 Å². The summed E-state index contributed by atoms with van der Waals surface area (Å²) < 4.78 is 11.0. The molecular formula is C22H25NO3. The molecule has 0 aliphatic rings. The molecule has 0 fully saturated rings. The molecule has 4 nitrogen and oxygen atoms in total. The highest BCUT2D eigenvalue weighted by Gasteiger charge is 2.15. The Hall–Kier alpha value is -2.85. The average Bonchev–Trinajstić information content (AvgIpc) is 2.65. The molecule has 26 heavy (non-hydrogen) atoms. The zero-order chi connectivity index (χ0) is 18.9. The normalized spacial score (nSPS) is 10.7. The van der Waals surface area contributed by atoms with E-state index in [1.807, 2.05) is 61.5 Å². The number of rotatable bonds is 8. The number of carbonyl (C=O) groups is 1. The fourth-order valence-corrected chi connectivity index (χ4v) is 2.52. The summed E-state index contributed by atoms with van der Waals surface area (Å²) in [5.74, 6) is 0.683. The molecule has 0 radical (unpaired) electrons. The van der Waals surface area contributed by atoms with Crippen LogP contribution in [0.5, 0.6) is 11.5 Å². The van der Waals surface area contributed by atoms with Crippen LogP contribution in [0.15, 0.2) is 54.6 Å². The first-order valence-corrected chi connectivity index (χ1v) is 8.52. The van der Waals surface area contributed by atoms with Crippen LogP contribution in [0.3, 0.4) is 0 Å². The third-order valence-electron chi connectivity index (χ3n) is 3.87. The van der Waals surface area contributed by atoms with Crippen molar-refractivity contribution in [2.45, 2.75) is 19.8 Å². The number of hydrogen-bond acceptors (Lipinski definition) is 4. The minimum Gasteiger partial charge on any atom is -0.496 e. The quantitative estimate of drug-likeness (QED) is 0.334. The highest BCUT2D eigenvalue weighted by Crippen LogP contribution is 2.33. The Morgan fingerprint density at radius 2 is 1.77 bits per heavy atom. The van der Waals surface area contributed by atoms with E-state index in [9.17, 15) is 4.79 Å². The van der Waals surface area contributed by atoms with Gasteiger partial charge < -0.3 is 15.2 Å². The van der Waals surface area contributed by atoms with Gasteiger partial charge in [0, 0.05) is 5.56 Å². The highest BCUT2D eigenvalue weighted by molar-refractivity contribution is 5.77. The minimum atomic E-state index is -0.479. The van der Waals surface area contributed by atoms with E-state index in [0.717, 1.165) is 28.7 Å². The Balaban J connectivity index is 2.40. The van der Waals surface area contributed by atoms with Crippen molar-refractivity contribution in [3.05, 3.63) is 71.3 Å². The molecule has 2 aromatic carbocycles. The first-order chi connectivity index (χ1) is 12.5. The van der Waals surface area contributed by atoms with Crippen molar-refractivity contribution in [1.29, 1.82) is 0 Å². The molecule has 4 heteroatoms.